The third kappa shape index (κ3) is 5.90. The zero-order valence-electron chi connectivity index (χ0n) is 22.5. The first-order chi connectivity index (χ1) is 18.3. The van der Waals surface area contributed by atoms with Crippen LogP contribution < -0.4 is 4.74 Å². The van der Waals surface area contributed by atoms with Gasteiger partial charge in [-0.2, -0.15) is 0 Å². The van der Waals surface area contributed by atoms with Crippen molar-refractivity contribution in [3.8, 4) is 22.7 Å². The molecule has 1 fully saturated rings. The third-order valence-electron chi connectivity index (χ3n) is 6.92. The molecule has 38 heavy (non-hydrogen) atoms. The minimum absolute atomic E-state index is 0.0539. The number of piperazine rings is 1. The van der Waals surface area contributed by atoms with Gasteiger partial charge in [-0.1, -0.05) is 17.7 Å². The second-order valence-electron chi connectivity index (χ2n) is 9.41. The molecule has 0 atom stereocenters. The van der Waals surface area contributed by atoms with Crippen LogP contribution in [0.15, 0.2) is 54.6 Å². The van der Waals surface area contributed by atoms with Crippen LogP contribution in [0.25, 0.3) is 16.9 Å². The van der Waals surface area contributed by atoms with E-state index in [0.29, 0.717) is 38.3 Å². The highest BCUT2D eigenvalue weighted by Crippen LogP contribution is 2.31. The first-order valence-corrected chi connectivity index (χ1v) is 13.0. The lowest BCUT2D eigenvalue weighted by atomic mass is 10.1. The van der Waals surface area contributed by atoms with Gasteiger partial charge in [0.2, 0.25) is 5.91 Å². The normalized spacial score (nSPS) is 13.4. The van der Waals surface area contributed by atoms with E-state index in [1.165, 1.54) is 0 Å². The summed E-state index contributed by atoms with van der Waals surface area (Å²) < 4.78 is 12.3. The molecule has 2 amide bonds. The van der Waals surface area contributed by atoms with Gasteiger partial charge >= 0.3 is 5.97 Å². The number of carbonyl (C=O) groups excluding carboxylic acids is 3. The van der Waals surface area contributed by atoms with E-state index in [4.69, 9.17) is 9.47 Å². The Morgan fingerprint density at radius 3 is 2.08 bits per heavy atom. The fraction of sp³-hybridized carbons (Fsp3) is 0.367. The van der Waals surface area contributed by atoms with Crippen molar-refractivity contribution in [2.75, 3.05) is 39.9 Å². The number of nitrogens with zero attached hydrogens (tertiary/aromatic N) is 3. The van der Waals surface area contributed by atoms with Crippen LogP contribution in [0.3, 0.4) is 0 Å². The molecule has 1 saturated heterocycles. The van der Waals surface area contributed by atoms with E-state index >= 15 is 0 Å². The lowest BCUT2D eigenvalue weighted by molar-refractivity contribution is -0.146. The van der Waals surface area contributed by atoms with Crippen molar-refractivity contribution in [1.29, 1.82) is 0 Å². The summed E-state index contributed by atoms with van der Waals surface area (Å²) in [6.45, 7) is 7.83. The van der Waals surface area contributed by atoms with E-state index < -0.39 is 0 Å². The molecule has 3 aromatic rings. The smallest absolute Gasteiger partial charge is 0.306 e. The molecule has 0 spiro atoms. The van der Waals surface area contributed by atoms with Crippen molar-refractivity contribution >= 4 is 17.8 Å². The van der Waals surface area contributed by atoms with E-state index in [0.717, 1.165) is 34.0 Å². The van der Waals surface area contributed by atoms with Crippen molar-refractivity contribution in [3.05, 3.63) is 71.4 Å². The van der Waals surface area contributed by atoms with Gasteiger partial charge in [-0.25, -0.2) is 0 Å². The van der Waals surface area contributed by atoms with Crippen molar-refractivity contribution in [1.82, 2.24) is 14.4 Å². The fourth-order valence-electron chi connectivity index (χ4n) is 4.75. The van der Waals surface area contributed by atoms with Crippen LogP contribution >= 0.6 is 0 Å². The quantitative estimate of drug-likeness (QED) is 0.414. The van der Waals surface area contributed by atoms with Crippen molar-refractivity contribution < 1.29 is 23.9 Å². The van der Waals surface area contributed by atoms with Gasteiger partial charge in [-0.05, 0) is 68.8 Å². The first-order valence-electron chi connectivity index (χ1n) is 13.0. The molecule has 2 aromatic carbocycles. The molecule has 0 saturated carbocycles. The molecule has 0 aliphatic carbocycles. The number of aromatic nitrogens is 1. The zero-order chi connectivity index (χ0) is 27.2. The number of carbonyl (C=O) groups is 3. The maximum atomic E-state index is 13.7. The van der Waals surface area contributed by atoms with Crippen LogP contribution in [0.4, 0.5) is 0 Å². The van der Waals surface area contributed by atoms with Gasteiger partial charge in [0.1, 0.15) is 5.75 Å². The third-order valence-corrected chi connectivity index (χ3v) is 6.92. The molecule has 0 radical (unpaired) electrons. The molecule has 200 valence electrons. The number of ether oxygens (including phenoxy) is 2. The maximum Gasteiger partial charge on any atom is 0.306 e. The Kier molecular flexibility index (Phi) is 8.51. The summed E-state index contributed by atoms with van der Waals surface area (Å²) >= 11 is 0. The van der Waals surface area contributed by atoms with Crippen LogP contribution in [0.5, 0.6) is 5.75 Å². The Morgan fingerprint density at radius 2 is 1.47 bits per heavy atom. The second-order valence-corrected chi connectivity index (χ2v) is 9.41. The van der Waals surface area contributed by atoms with E-state index in [1.54, 1.807) is 23.8 Å². The monoisotopic (exact) mass is 517 g/mol. The van der Waals surface area contributed by atoms with E-state index in [-0.39, 0.29) is 30.6 Å². The maximum absolute atomic E-state index is 13.7. The zero-order valence-corrected chi connectivity index (χ0v) is 22.5. The SMILES string of the molecule is CCOC(=O)CCC(=O)N1CCN(C(=O)c2cc(-c3ccc(OC)cc3)n(-c3ccc(C)cc3)c2C)CC1. The highest BCUT2D eigenvalue weighted by Gasteiger charge is 2.28. The summed E-state index contributed by atoms with van der Waals surface area (Å²) in [4.78, 5) is 41.3. The lowest BCUT2D eigenvalue weighted by Gasteiger charge is -2.34. The average Bonchev–Trinajstić information content (AvgIpc) is 3.28. The van der Waals surface area contributed by atoms with Crippen LogP contribution in [0, 0.1) is 13.8 Å². The number of aryl methyl sites for hydroxylation is 1. The first kappa shape index (κ1) is 27.0. The number of benzene rings is 2. The molecule has 4 rings (SSSR count). The molecular formula is C30H35N3O5. The highest BCUT2D eigenvalue weighted by atomic mass is 16.5. The largest absolute Gasteiger partial charge is 0.497 e. The van der Waals surface area contributed by atoms with E-state index in [2.05, 4.69) is 28.8 Å². The molecule has 0 bridgehead atoms. The summed E-state index contributed by atoms with van der Waals surface area (Å²) in [6.07, 6.45) is 0.197. The van der Waals surface area contributed by atoms with Crippen molar-refractivity contribution in [3.63, 3.8) is 0 Å². The molecule has 0 N–H and O–H groups in total. The summed E-state index contributed by atoms with van der Waals surface area (Å²) in [5, 5.41) is 0. The number of hydrogen-bond donors (Lipinski definition) is 0. The van der Waals surface area contributed by atoms with Gasteiger partial charge in [0.15, 0.2) is 0 Å². The summed E-state index contributed by atoms with van der Waals surface area (Å²) in [5.74, 6) is 0.260. The molecule has 8 nitrogen and oxygen atoms in total. The van der Waals surface area contributed by atoms with Gasteiger partial charge in [-0.3, -0.25) is 14.4 Å². The predicted molar refractivity (Wildman–Crippen MR) is 146 cm³/mol. The van der Waals surface area contributed by atoms with Gasteiger partial charge < -0.3 is 23.8 Å². The Labute approximate surface area is 223 Å². The van der Waals surface area contributed by atoms with E-state index in [1.807, 2.05) is 44.2 Å². The molecular weight excluding hydrogens is 482 g/mol. The lowest BCUT2D eigenvalue weighted by Crippen LogP contribution is -2.50. The molecule has 1 aliphatic heterocycles. The van der Waals surface area contributed by atoms with Gasteiger partial charge in [-0.15, -0.1) is 0 Å². The molecule has 1 aliphatic rings. The van der Waals surface area contributed by atoms with Gasteiger partial charge in [0.25, 0.3) is 5.91 Å². The molecule has 0 unspecified atom stereocenters. The number of methoxy groups -OCH3 is 1. The van der Waals surface area contributed by atoms with Gasteiger partial charge in [0, 0.05) is 44.0 Å². The Morgan fingerprint density at radius 1 is 0.842 bits per heavy atom. The van der Waals surface area contributed by atoms with Gasteiger partial charge in [0.05, 0.1) is 31.4 Å². The molecule has 2 heterocycles. The predicted octanol–water partition coefficient (Wildman–Crippen LogP) is 4.40. The van der Waals surface area contributed by atoms with Crippen LogP contribution in [0.1, 0.15) is 41.4 Å². The second kappa shape index (κ2) is 12.0. The number of esters is 1. The summed E-state index contributed by atoms with van der Waals surface area (Å²) in [5.41, 5.74) is 5.54. The minimum atomic E-state index is -0.365. The highest BCUT2D eigenvalue weighted by molar-refractivity contribution is 5.97. The Bertz CT molecular complexity index is 1290. The number of hydrogen-bond acceptors (Lipinski definition) is 5. The topological polar surface area (TPSA) is 81.1 Å². The fourth-order valence-corrected chi connectivity index (χ4v) is 4.75. The standard InChI is InChI=1S/C30H35N3O5/c1-5-38-29(35)15-14-28(34)31-16-18-32(19-17-31)30(36)26-20-27(23-8-12-25(37-4)13-9-23)33(22(26)3)24-10-6-21(2)7-11-24/h6-13,20H,5,14-19H2,1-4H3. The summed E-state index contributed by atoms with van der Waals surface area (Å²) in [6, 6.07) is 18.0. The van der Waals surface area contributed by atoms with Crippen molar-refractivity contribution in [2.45, 2.75) is 33.6 Å². The van der Waals surface area contributed by atoms with E-state index in [9.17, 15) is 14.4 Å². The number of amides is 2. The van der Waals surface area contributed by atoms with Crippen LogP contribution in [-0.2, 0) is 14.3 Å². The molecule has 1 aromatic heterocycles. The summed E-state index contributed by atoms with van der Waals surface area (Å²) in [7, 11) is 1.64. The average molecular weight is 518 g/mol. The number of rotatable bonds is 8. The Hall–Kier alpha value is -4.07. The minimum Gasteiger partial charge on any atom is -0.497 e. The van der Waals surface area contributed by atoms with Crippen LogP contribution in [-0.4, -0.2) is 72.0 Å². The molecule has 8 heteroatoms. The Balaban J connectivity index is 1.54. The van der Waals surface area contributed by atoms with Crippen LogP contribution in [0.2, 0.25) is 0 Å². The van der Waals surface area contributed by atoms with Crippen molar-refractivity contribution in [2.24, 2.45) is 0 Å².